The zero-order valence-corrected chi connectivity index (χ0v) is 26.5. The molecule has 0 aromatic heterocycles. The van der Waals surface area contributed by atoms with Gasteiger partial charge in [-0.1, -0.05) is 69.6 Å². The number of ether oxygens (including phenoxy) is 4. The van der Waals surface area contributed by atoms with Gasteiger partial charge in [0.1, 0.15) is 12.7 Å². The zero-order valence-electron chi connectivity index (χ0n) is 22.0. The first-order chi connectivity index (χ1) is 20.8. The van der Waals surface area contributed by atoms with E-state index in [1.807, 2.05) is 0 Å². The normalized spacial score (nSPS) is 19.4. The van der Waals surface area contributed by atoms with Crippen molar-refractivity contribution in [2.45, 2.75) is 31.0 Å². The van der Waals surface area contributed by atoms with Gasteiger partial charge in [-0.25, -0.2) is 14.4 Å². The van der Waals surface area contributed by atoms with Crippen molar-refractivity contribution in [3.63, 3.8) is 0 Å². The molecule has 0 radical (unpaired) electrons. The van der Waals surface area contributed by atoms with Crippen molar-refractivity contribution in [2.24, 2.45) is 0 Å². The fourth-order valence-corrected chi connectivity index (χ4v) is 5.60. The second-order valence-electron chi connectivity index (χ2n) is 9.15. The van der Waals surface area contributed by atoms with Crippen LogP contribution >= 0.6 is 69.6 Å². The van der Waals surface area contributed by atoms with Crippen LogP contribution in [0.4, 0.5) is 31.4 Å². The SMILES string of the molecule is O=C(Nc1cc(Cl)cc(Cl)c1)OC[C@@H]1C[C@H](OC(=O)Nc2cc(Cl)cc(Cl)c2)[C@@H](OC(=O)Nc2cc(Cl)cc(Cl)c2)[C@@H](O)O1. The number of halogens is 6. The summed E-state index contributed by atoms with van der Waals surface area (Å²) in [5, 5.41) is 19.7. The summed E-state index contributed by atoms with van der Waals surface area (Å²) in [4.78, 5) is 37.8. The van der Waals surface area contributed by atoms with Crippen LogP contribution in [0.1, 0.15) is 6.42 Å². The van der Waals surface area contributed by atoms with Gasteiger partial charge in [0.2, 0.25) is 0 Å². The summed E-state index contributed by atoms with van der Waals surface area (Å²) in [5.41, 5.74) is 0.687. The number of carbonyl (C=O) groups excluding carboxylic acids is 3. The summed E-state index contributed by atoms with van der Waals surface area (Å²) >= 11 is 35.8. The number of carbonyl (C=O) groups is 3. The molecule has 44 heavy (non-hydrogen) atoms. The summed E-state index contributed by atoms with van der Waals surface area (Å²) < 4.78 is 21.6. The molecule has 0 aliphatic carbocycles. The van der Waals surface area contributed by atoms with Gasteiger partial charge in [-0.15, -0.1) is 0 Å². The maximum atomic E-state index is 12.8. The van der Waals surface area contributed by atoms with Crippen molar-refractivity contribution in [3.8, 4) is 0 Å². The maximum Gasteiger partial charge on any atom is 0.412 e. The summed E-state index contributed by atoms with van der Waals surface area (Å²) in [6.45, 7) is -0.386. The largest absolute Gasteiger partial charge is 0.447 e. The molecule has 1 fully saturated rings. The van der Waals surface area contributed by atoms with E-state index in [9.17, 15) is 19.5 Å². The van der Waals surface area contributed by atoms with E-state index in [2.05, 4.69) is 16.0 Å². The van der Waals surface area contributed by atoms with Crippen molar-refractivity contribution < 1.29 is 38.4 Å². The smallest absolute Gasteiger partial charge is 0.412 e. The first-order valence-corrected chi connectivity index (χ1v) is 14.7. The Hall–Kier alpha value is -2.87. The lowest BCUT2D eigenvalue weighted by Crippen LogP contribution is -2.53. The van der Waals surface area contributed by atoms with E-state index >= 15 is 0 Å². The van der Waals surface area contributed by atoms with Gasteiger partial charge in [0, 0.05) is 53.6 Å². The Bertz CT molecular complexity index is 1490. The molecule has 234 valence electrons. The number of hydrogen-bond donors (Lipinski definition) is 4. The quantitative estimate of drug-likeness (QED) is 0.177. The highest BCUT2D eigenvalue weighted by Crippen LogP contribution is 2.28. The fraction of sp³-hybridized carbons (Fsp3) is 0.222. The average molecular weight is 728 g/mol. The Labute approximate surface area is 280 Å². The molecule has 4 atom stereocenters. The molecule has 3 aromatic rings. The third-order valence-electron chi connectivity index (χ3n) is 5.70. The predicted octanol–water partition coefficient (Wildman–Crippen LogP) is 8.50. The Morgan fingerprint density at radius 1 is 0.659 bits per heavy atom. The van der Waals surface area contributed by atoms with Crippen LogP contribution in [0.2, 0.25) is 30.1 Å². The van der Waals surface area contributed by atoms with Gasteiger partial charge < -0.3 is 24.1 Å². The molecule has 0 unspecified atom stereocenters. The minimum absolute atomic E-state index is 0.169. The standard InChI is InChI=1S/C27H21Cl6N3O8/c28-12-1-13(29)5-18(4-12)34-25(38)41-11-21-10-22(43-26(39)35-19-6-14(30)2-15(31)7-19)23(24(37)42-21)44-27(40)36-20-8-16(32)3-17(33)9-20/h1-9,21-24,37H,10-11H2,(H,34,38)(H,35,39)(H,36,40)/t21-,22-,23+,24-/m0/s1. The zero-order chi connectivity index (χ0) is 32.0. The van der Waals surface area contributed by atoms with Crippen molar-refractivity contribution in [2.75, 3.05) is 22.6 Å². The molecular weight excluding hydrogens is 707 g/mol. The molecular formula is C27H21Cl6N3O8. The second-order valence-corrected chi connectivity index (χ2v) is 11.8. The number of anilines is 3. The van der Waals surface area contributed by atoms with Crippen LogP contribution in [0, 0.1) is 0 Å². The number of benzene rings is 3. The van der Waals surface area contributed by atoms with Crippen LogP contribution in [0.25, 0.3) is 0 Å². The van der Waals surface area contributed by atoms with E-state index < -0.39 is 42.9 Å². The third-order valence-corrected chi connectivity index (χ3v) is 7.01. The van der Waals surface area contributed by atoms with Gasteiger partial charge in [-0.05, 0) is 54.6 Å². The van der Waals surface area contributed by atoms with E-state index in [1.165, 1.54) is 54.6 Å². The number of aliphatic hydroxyl groups is 1. The number of nitrogens with one attached hydrogen (secondary N) is 3. The van der Waals surface area contributed by atoms with E-state index in [-0.39, 0.29) is 50.2 Å². The maximum absolute atomic E-state index is 12.8. The summed E-state index contributed by atoms with van der Waals surface area (Å²) in [6.07, 6.45) is -8.69. The first kappa shape index (κ1) is 34.0. The van der Waals surface area contributed by atoms with Crippen molar-refractivity contribution in [3.05, 3.63) is 84.7 Å². The number of amides is 3. The van der Waals surface area contributed by atoms with E-state index in [1.54, 1.807) is 0 Å². The lowest BCUT2D eigenvalue weighted by molar-refractivity contribution is -0.248. The highest BCUT2D eigenvalue weighted by atomic mass is 35.5. The molecule has 1 saturated heterocycles. The Kier molecular flexibility index (Phi) is 11.9. The van der Waals surface area contributed by atoms with Gasteiger partial charge in [0.15, 0.2) is 12.4 Å². The van der Waals surface area contributed by atoms with Gasteiger partial charge in [0.25, 0.3) is 0 Å². The molecule has 11 nitrogen and oxygen atoms in total. The lowest BCUT2D eigenvalue weighted by atomic mass is 10.0. The van der Waals surface area contributed by atoms with Gasteiger partial charge in [-0.2, -0.15) is 0 Å². The van der Waals surface area contributed by atoms with Gasteiger partial charge in [0.05, 0.1) is 6.10 Å². The van der Waals surface area contributed by atoms with Crippen LogP contribution in [0.15, 0.2) is 54.6 Å². The number of rotatable bonds is 7. The lowest BCUT2D eigenvalue weighted by Gasteiger charge is -2.38. The minimum atomic E-state index is -1.81. The molecule has 17 heteroatoms. The van der Waals surface area contributed by atoms with Crippen molar-refractivity contribution >= 4 is 105 Å². The summed E-state index contributed by atoms with van der Waals surface area (Å²) in [5.74, 6) is 0. The van der Waals surface area contributed by atoms with Crippen LogP contribution in [0.3, 0.4) is 0 Å². The predicted molar refractivity (Wildman–Crippen MR) is 168 cm³/mol. The van der Waals surface area contributed by atoms with Crippen molar-refractivity contribution in [1.29, 1.82) is 0 Å². The summed E-state index contributed by atoms with van der Waals surface area (Å²) in [7, 11) is 0. The average Bonchev–Trinajstić information content (AvgIpc) is 2.87. The molecule has 0 bridgehead atoms. The van der Waals surface area contributed by atoms with Crippen LogP contribution in [-0.2, 0) is 18.9 Å². The molecule has 0 saturated carbocycles. The van der Waals surface area contributed by atoms with Crippen molar-refractivity contribution in [1.82, 2.24) is 0 Å². The topological polar surface area (TPSA) is 144 Å². The van der Waals surface area contributed by atoms with E-state index in [0.717, 1.165) is 0 Å². The molecule has 0 spiro atoms. The second kappa shape index (κ2) is 15.4. The minimum Gasteiger partial charge on any atom is -0.447 e. The fourth-order valence-electron chi connectivity index (χ4n) is 4.02. The number of aliphatic hydroxyl groups excluding tert-OH is 1. The molecule has 1 heterocycles. The Morgan fingerprint density at radius 3 is 1.48 bits per heavy atom. The molecule has 3 aromatic carbocycles. The van der Waals surface area contributed by atoms with E-state index in [0.29, 0.717) is 10.0 Å². The first-order valence-electron chi connectivity index (χ1n) is 12.4. The molecule has 1 aliphatic heterocycles. The molecule has 4 rings (SSSR count). The highest BCUT2D eigenvalue weighted by Gasteiger charge is 2.43. The monoisotopic (exact) mass is 725 g/mol. The third kappa shape index (κ3) is 10.4. The summed E-state index contributed by atoms with van der Waals surface area (Å²) in [6, 6.07) is 13.0. The Balaban J connectivity index is 1.43. The van der Waals surface area contributed by atoms with Crippen LogP contribution < -0.4 is 16.0 Å². The molecule has 4 N–H and O–H groups in total. The van der Waals surface area contributed by atoms with Gasteiger partial charge in [-0.3, -0.25) is 16.0 Å². The Morgan fingerprint density at radius 2 is 1.05 bits per heavy atom. The highest BCUT2D eigenvalue weighted by molar-refractivity contribution is 6.36. The van der Waals surface area contributed by atoms with E-state index in [4.69, 9.17) is 88.6 Å². The molecule has 1 aliphatic rings. The number of hydrogen-bond acceptors (Lipinski definition) is 8. The van der Waals surface area contributed by atoms with Gasteiger partial charge >= 0.3 is 18.3 Å². The molecule has 3 amide bonds. The van der Waals surface area contributed by atoms with Crippen LogP contribution in [-0.4, -0.2) is 54.6 Å². The van der Waals surface area contributed by atoms with Crippen LogP contribution in [0.5, 0.6) is 0 Å².